The molecule has 0 saturated carbocycles. The summed E-state index contributed by atoms with van der Waals surface area (Å²) in [4.78, 5) is 6.54. The van der Waals surface area contributed by atoms with Gasteiger partial charge >= 0.3 is 0 Å². The van der Waals surface area contributed by atoms with Crippen molar-refractivity contribution in [3.8, 4) is 0 Å². The molecule has 2 atom stereocenters. The van der Waals surface area contributed by atoms with Gasteiger partial charge in [0, 0.05) is 31.5 Å². The first-order valence-electron chi connectivity index (χ1n) is 6.06. The van der Waals surface area contributed by atoms with Crippen molar-refractivity contribution < 1.29 is 9.84 Å². The van der Waals surface area contributed by atoms with Crippen molar-refractivity contribution in [1.82, 2.24) is 9.88 Å². The van der Waals surface area contributed by atoms with Gasteiger partial charge < -0.3 is 9.84 Å². The highest BCUT2D eigenvalue weighted by Gasteiger charge is 2.25. The maximum absolute atomic E-state index is 9.14. The molecular formula is C13H20N2O2. The Balaban J connectivity index is 2.01. The molecule has 1 fully saturated rings. The van der Waals surface area contributed by atoms with Gasteiger partial charge in [-0.1, -0.05) is 6.07 Å². The van der Waals surface area contributed by atoms with E-state index >= 15 is 0 Å². The fraction of sp³-hybridized carbons (Fsp3) is 0.615. The van der Waals surface area contributed by atoms with E-state index < -0.39 is 0 Å². The van der Waals surface area contributed by atoms with E-state index in [1.54, 1.807) is 0 Å². The average molecular weight is 236 g/mol. The summed E-state index contributed by atoms with van der Waals surface area (Å²) >= 11 is 0. The molecule has 0 radical (unpaired) electrons. The monoisotopic (exact) mass is 236 g/mol. The molecule has 1 aromatic heterocycles. The highest BCUT2D eigenvalue weighted by molar-refractivity contribution is 5.16. The normalized spacial score (nSPS) is 26.1. The number of rotatable bonds is 3. The zero-order valence-corrected chi connectivity index (χ0v) is 10.5. The van der Waals surface area contributed by atoms with Gasteiger partial charge in [0.1, 0.15) is 0 Å². The van der Waals surface area contributed by atoms with E-state index in [0.717, 1.165) is 13.1 Å². The summed E-state index contributed by atoms with van der Waals surface area (Å²) in [6.45, 7) is 6.63. The van der Waals surface area contributed by atoms with Gasteiger partial charge in [-0.05, 0) is 25.0 Å². The standard InChI is InChI=1S/C13H20N2O2/c1-10-3-12(5-14-4-10)6-15-7-13(8-16)17-9-11(15)2/h3-5,11,13,16H,6-9H2,1-2H3. The maximum Gasteiger partial charge on any atom is 0.0933 e. The molecule has 1 aliphatic heterocycles. The van der Waals surface area contributed by atoms with Crippen LogP contribution in [0.25, 0.3) is 0 Å². The minimum atomic E-state index is -0.0519. The van der Waals surface area contributed by atoms with Crippen LogP contribution in [0.4, 0.5) is 0 Å². The number of aryl methyl sites for hydroxylation is 1. The summed E-state index contributed by atoms with van der Waals surface area (Å²) in [5.74, 6) is 0. The largest absolute Gasteiger partial charge is 0.394 e. The van der Waals surface area contributed by atoms with Crippen molar-refractivity contribution in [2.75, 3.05) is 19.8 Å². The Morgan fingerprint density at radius 1 is 1.53 bits per heavy atom. The van der Waals surface area contributed by atoms with E-state index in [9.17, 15) is 0 Å². The second-order valence-electron chi connectivity index (χ2n) is 4.79. The van der Waals surface area contributed by atoms with Crippen LogP contribution in [-0.4, -0.2) is 46.9 Å². The zero-order chi connectivity index (χ0) is 12.3. The average Bonchev–Trinajstić information content (AvgIpc) is 2.32. The van der Waals surface area contributed by atoms with Crippen LogP contribution in [0.15, 0.2) is 18.5 Å². The molecule has 1 aromatic rings. The molecule has 1 N–H and O–H groups in total. The maximum atomic E-state index is 9.14. The number of nitrogens with zero attached hydrogens (tertiary/aromatic N) is 2. The van der Waals surface area contributed by atoms with Crippen LogP contribution < -0.4 is 0 Å². The van der Waals surface area contributed by atoms with E-state index in [4.69, 9.17) is 9.84 Å². The number of pyridine rings is 1. The van der Waals surface area contributed by atoms with E-state index in [-0.39, 0.29) is 12.7 Å². The number of hydrogen-bond donors (Lipinski definition) is 1. The van der Waals surface area contributed by atoms with Crippen LogP contribution in [-0.2, 0) is 11.3 Å². The second kappa shape index (κ2) is 5.58. The van der Waals surface area contributed by atoms with Crippen molar-refractivity contribution in [3.63, 3.8) is 0 Å². The molecule has 2 unspecified atom stereocenters. The Labute approximate surface area is 102 Å². The van der Waals surface area contributed by atoms with Crippen molar-refractivity contribution in [2.24, 2.45) is 0 Å². The molecule has 0 spiro atoms. The highest BCUT2D eigenvalue weighted by Crippen LogP contribution is 2.15. The van der Waals surface area contributed by atoms with Crippen LogP contribution in [0.3, 0.4) is 0 Å². The minimum absolute atomic E-state index is 0.0519. The van der Waals surface area contributed by atoms with Crippen molar-refractivity contribution in [1.29, 1.82) is 0 Å². The lowest BCUT2D eigenvalue weighted by Crippen LogP contribution is -2.48. The van der Waals surface area contributed by atoms with Gasteiger partial charge in [-0.2, -0.15) is 0 Å². The molecule has 0 bridgehead atoms. The molecule has 0 amide bonds. The van der Waals surface area contributed by atoms with Crippen molar-refractivity contribution in [3.05, 3.63) is 29.6 Å². The van der Waals surface area contributed by atoms with Crippen molar-refractivity contribution in [2.45, 2.75) is 32.5 Å². The summed E-state index contributed by atoms with van der Waals surface area (Å²) in [6, 6.07) is 2.54. The lowest BCUT2D eigenvalue weighted by atomic mass is 10.1. The van der Waals surface area contributed by atoms with Crippen LogP contribution in [0.2, 0.25) is 0 Å². The Bertz CT molecular complexity index is 370. The van der Waals surface area contributed by atoms with E-state index in [1.807, 2.05) is 12.4 Å². The van der Waals surface area contributed by atoms with Gasteiger partial charge in [-0.25, -0.2) is 0 Å². The number of morpholine rings is 1. The summed E-state index contributed by atoms with van der Waals surface area (Å²) < 4.78 is 5.52. The Hall–Kier alpha value is -0.970. The second-order valence-corrected chi connectivity index (χ2v) is 4.79. The Morgan fingerprint density at radius 3 is 3.06 bits per heavy atom. The van der Waals surface area contributed by atoms with Crippen LogP contribution in [0.5, 0.6) is 0 Å². The Kier molecular flexibility index (Phi) is 4.10. The third kappa shape index (κ3) is 3.25. The first kappa shape index (κ1) is 12.5. The number of aliphatic hydroxyl groups excluding tert-OH is 1. The third-order valence-electron chi connectivity index (χ3n) is 3.16. The number of ether oxygens (including phenoxy) is 1. The third-order valence-corrected chi connectivity index (χ3v) is 3.16. The molecular weight excluding hydrogens is 216 g/mol. The first-order chi connectivity index (χ1) is 8.19. The lowest BCUT2D eigenvalue weighted by Gasteiger charge is -2.37. The van der Waals surface area contributed by atoms with Gasteiger partial charge in [0.2, 0.25) is 0 Å². The quantitative estimate of drug-likeness (QED) is 0.849. The number of aromatic nitrogens is 1. The van der Waals surface area contributed by atoms with Gasteiger partial charge in [0.25, 0.3) is 0 Å². The molecule has 2 heterocycles. The topological polar surface area (TPSA) is 45.6 Å². The molecule has 17 heavy (non-hydrogen) atoms. The zero-order valence-electron chi connectivity index (χ0n) is 10.5. The molecule has 1 saturated heterocycles. The SMILES string of the molecule is Cc1cncc(CN2CC(CO)OCC2C)c1. The minimum Gasteiger partial charge on any atom is -0.394 e. The molecule has 1 aliphatic rings. The van der Waals surface area contributed by atoms with Crippen LogP contribution >= 0.6 is 0 Å². The van der Waals surface area contributed by atoms with E-state index in [0.29, 0.717) is 12.6 Å². The smallest absolute Gasteiger partial charge is 0.0933 e. The molecule has 4 nitrogen and oxygen atoms in total. The first-order valence-corrected chi connectivity index (χ1v) is 6.06. The number of aliphatic hydroxyl groups is 1. The summed E-state index contributed by atoms with van der Waals surface area (Å²) in [7, 11) is 0. The predicted octanol–water partition coefficient (Wildman–Crippen LogP) is 0.972. The molecule has 94 valence electrons. The summed E-state index contributed by atoms with van der Waals surface area (Å²) in [5, 5.41) is 9.14. The summed E-state index contributed by atoms with van der Waals surface area (Å²) in [6.07, 6.45) is 3.72. The van der Waals surface area contributed by atoms with Crippen LogP contribution in [0.1, 0.15) is 18.1 Å². The predicted molar refractivity (Wildman–Crippen MR) is 65.7 cm³/mol. The van der Waals surface area contributed by atoms with Gasteiger partial charge in [-0.3, -0.25) is 9.88 Å². The molecule has 0 aromatic carbocycles. The van der Waals surface area contributed by atoms with Gasteiger partial charge in [0.05, 0.1) is 19.3 Å². The van der Waals surface area contributed by atoms with Gasteiger partial charge in [-0.15, -0.1) is 0 Å². The summed E-state index contributed by atoms with van der Waals surface area (Å²) in [5.41, 5.74) is 2.40. The van der Waals surface area contributed by atoms with E-state index in [2.05, 4.69) is 29.8 Å². The fourth-order valence-electron chi connectivity index (χ4n) is 2.14. The molecule has 4 heteroatoms. The van der Waals surface area contributed by atoms with Crippen LogP contribution in [0, 0.1) is 6.92 Å². The number of hydrogen-bond acceptors (Lipinski definition) is 4. The molecule has 2 rings (SSSR count). The van der Waals surface area contributed by atoms with E-state index in [1.165, 1.54) is 11.1 Å². The molecule has 0 aliphatic carbocycles. The fourth-order valence-corrected chi connectivity index (χ4v) is 2.14. The van der Waals surface area contributed by atoms with Crippen molar-refractivity contribution >= 4 is 0 Å². The highest BCUT2D eigenvalue weighted by atomic mass is 16.5. The lowest BCUT2D eigenvalue weighted by molar-refractivity contribution is -0.0805. The Morgan fingerprint density at radius 2 is 2.35 bits per heavy atom. The van der Waals surface area contributed by atoms with Gasteiger partial charge in [0.15, 0.2) is 0 Å².